The number of hydrogen-bond donors (Lipinski definition) is 3. The van der Waals surface area contributed by atoms with E-state index in [2.05, 4.69) is 21.4 Å². The SMILES string of the molecule is CC(=O)c1ccc(-c2cc(Cl)c3c(c2)CC(CN)O3)s1.CC(=O)c1ccc(-c2cc(Cl)c3c(c2)CC(CNC(=O)/C=C/c2cncc(F)c2)O3)s1.Cl.O=C(O)/C=C/c1cncc(F)c1. The summed E-state index contributed by atoms with van der Waals surface area (Å²) in [5.74, 6) is -0.849. The number of fused-ring (bicyclic) bond motifs is 2. The molecule has 0 saturated heterocycles. The third kappa shape index (κ3) is 13.4. The standard InChI is InChI=1S/C23H18ClFN2O3S.C15H14ClNO2S.C8H6FNO2.ClH/c1-13(28)20-3-4-21(31-20)15-7-16-8-18(30-23(16)19(24)9-15)12-27-22(29)5-2-14-6-17(25)11-26-10-14;1-8(18)13-2-3-14(20-13)9-4-10-5-11(7-17)19-15(10)12(16)6-9;9-7-3-6(4-10-5-7)1-2-8(11)12;/h2-7,9-11,18H,8,12H2,1H3,(H,27,29);2-4,6,11H,5,7,17H2,1H3;1-5H,(H,11,12);1H/b5-2+;;2-1+;. The minimum atomic E-state index is -1.07. The number of carboxylic acids is 1. The molecule has 0 fully saturated rings. The van der Waals surface area contributed by atoms with Gasteiger partial charge in [-0.2, -0.15) is 0 Å². The molecule has 8 rings (SSSR count). The minimum Gasteiger partial charge on any atom is -0.487 e. The Morgan fingerprint density at radius 3 is 1.66 bits per heavy atom. The zero-order chi connectivity index (χ0) is 45.2. The van der Waals surface area contributed by atoms with Crippen LogP contribution in [0.2, 0.25) is 10.0 Å². The van der Waals surface area contributed by atoms with Crippen molar-refractivity contribution in [2.45, 2.75) is 38.9 Å². The summed E-state index contributed by atoms with van der Waals surface area (Å²) in [6, 6.07) is 17.8. The van der Waals surface area contributed by atoms with Crippen molar-refractivity contribution in [3.05, 3.63) is 151 Å². The summed E-state index contributed by atoms with van der Waals surface area (Å²) in [5, 5.41) is 12.1. The first-order valence-electron chi connectivity index (χ1n) is 19.1. The molecule has 332 valence electrons. The number of aliphatic carboxylic acids is 1. The smallest absolute Gasteiger partial charge is 0.328 e. The van der Waals surface area contributed by atoms with Crippen molar-refractivity contribution in [3.63, 3.8) is 0 Å². The maximum absolute atomic E-state index is 13.1. The predicted molar refractivity (Wildman–Crippen MR) is 249 cm³/mol. The first-order chi connectivity index (χ1) is 30.1. The molecular weight excluding hydrogens is 929 g/mol. The van der Waals surface area contributed by atoms with Crippen LogP contribution in [0.25, 0.3) is 33.0 Å². The van der Waals surface area contributed by atoms with Crippen molar-refractivity contribution in [1.29, 1.82) is 0 Å². The first-order valence-corrected chi connectivity index (χ1v) is 21.5. The van der Waals surface area contributed by atoms with E-state index in [4.69, 9.17) is 43.5 Å². The number of nitrogens with zero attached hydrogens (tertiary/aromatic N) is 2. The normalized spacial score (nSPS) is 14.5. The molecule has 11 nitrogen and oxygen atoms in total. The first kappa shape index (κ1) is 49.2. The Balaban J connectivity index is 0.000000200. The van der Waals surface area contributed by atoms with Gasteiger partial charge in [0.2, 0.25) is 5.91 Å². The van der Waals surface area contributed by atoms with Crippen LogP contribution in [0.15, 0.2) is 97.6 Å². The molecule has 64 heavy (non-hydrogen) atoms. The third-order valence-electron chi connectivity index (χ3n) is 9.24. The molecule has 2 atom stereocenters. The van der Waals surface area contributed by atoms with Gasteiger partial charge in [0.25, 0.3) is 0 Å². The Morgan fingerprint density at radius 2 is 1.22 bits per heavy atom. The summed E-state index contributed by atoms with van der Waals surface area (Å²) in [5.41, 5.74) is 10.6. The Morgan fingerprint density at radius 1 is 0.750 bits per heavy atom. The number of ether oxygens (including phenoxy) is 2. The van der Waals surface area contributed by atoms with E-state index in [-0.39, 0.29) is 42.1 Å². The lowest BCUT2D eigenvalue weighted by Crippen LogP contribution is -2.33. The van der Waals surface area contributed by atoms with Crippen LogP contribution in [0, 0.1) is 11.6 Å². The number of nitrogens with two attached hydrogens (primary N) is 1. The van der Waals surface area contributed by atoms with E-state index < -0.39 is 17.6 Å². The number of Topliss-reactive ketones (excluding diaryl/α,β-unsaturated/α-hetero) is 2. The molecule has 6 heterocycles. The van der Waals surface area contributed by atoms with Crippen molar-refractivity contribution < 1.29 is 42.5 Å². The van der Waals surface area contributed by atoms with Gasteiger partial charge < -0.3 is 25.6 Å². The number of halogens is 5. The van der Waals surface area contributed by atoms with Crippen molar-refractivity contribution in [2.24, 2.45) is 5.73 Å². The van der Waals surface area contributed by atoms with Crippen LogP contribution in [0.5, 0.6) is 11.5 Å². The highest BCUT2D eigenvalue weighted by Crippen LogP contribution is 2.42. The molecule has 1 amide bonds. The average Bonchev–Trinajstić information content (AvgIpc) is 4.08. The maximum Gasteiger partial charge on any atom is 0.328 e. The predicted octanol–water partition coefficient (Wildman–Crippen LogP) is 10.2. The van der Waals surface area contributed by atoms with Gasteiger partial charge in [-0.1, -0.05) is 23.2 Å². The molecule has 4 N–H and O–H groups in total. The number of thiophene rings is 2. The fraction of sp³-hybridized carbons (Fsp3) is 0.174. The minimum absolute atomic E-state index is 0. The lowest BCUT2D eigenvalue weighted by Gasteiger charge is -2.11. The Labute approximate surface area is 391 Å². The highest BCUT2D eigenvalue weighted by atomic mass is 35.5. The number of amides is 1. The topological polar surface area (TPSA) is 171 Å². The zero-order valence-corrected chi connectivity index (χ0v) is 37.9. The molecule has 0 saturated carbocycles. The van der Waals surface area contributed by atoms with Gasteiger partial charge in [-0.25, -0.2) is 13.6 Å². The van der Waals surface area contributed by atoms with E-state index in [9.17, 15) is 28.0 Å². The lowest BCUT2D eigenvalue weighted by atomic mass is 10.1. The fourth-order valence-corrected chi connectivity index (χ4v) is 8.67. The van der Waals surface area contributed by atoms with Crippen molar-refractivity contribution >= 4 is 93.9 Å². The van der Waals surface area contributed by atoms with Gasteiger partial charge in [0.15, 0.2) is 11.6 Å². The average molecular weight is 968 g/mol. The van der Waals surface area contributed by atoms with Gasteiger partial charge in [0, 0.05) is 64.8 Å². The Bertz CT molecular complexity index is 2740. The highest BCUT2D eigenvalue weighted by Gasteiger charge is 2.27. The van der Waals surface area contributed by atoms with Gasteiger partial charge in [-0.05, 0) is 109 Å². The van der Waals surface area contributed by atoms with Crippen LogP contribution >= 0.6 is 58.3 Å². The van der Waals surface area contributed by atoms with Crippen LogP contribution in [-0.4, -0.2) is 63.8 Å². The quantitative estimate of drug-likeness (QED) is 0.0839. The molecule has 0 spiro atoms. The third-order valence-corrected chi connectivity index (χ3v) is 12.3. The molecule has 2 aliphatic rings. The van der Waals surface area contributed by atoms with Gasteiger partial charge in [-0.3, -0.25) is 24.4 Å². The number of pyridine rings is 2. The van der Waals surface area contributed by atoms with E-state index >= 15 is 0 Å². The summed E-state index contributed by atoms with van der Waals surface area (Å²) in [4.78, 5) is 55.8. The molecule has 18 heteroatoms. The van der Waals surface area contributed by atoms with Crippen LogP contribution in [0.1, 0.15) is 55.4 Å². The van der Waals surface area contributed by atoms with Gasteiger partial charge in [-0.15, -0.1) is 35.1 Å². The molecule has 0 aliphatic carbocycles. The van der Waals surface area contributed by atoms with Crippen molar-refractivity contribution in [2.75, 3.05) is 13.1 Å². The molecule has 6 aromatic rings. The van der Waals surface area contributed by atoms with Gasteiger partial charge in [0.05, 0.1) is 38.7 Å². The monoisotopic (exact) mass is 966 g/mol. The van der Waals surface area contributed by atoms with Crippen LogP contribution in [0.4, 0.5) is 8.78 Å². The number of carboxylic acid groups (broad SMARTS) is 1. The van der Waals surface area contributed by atoms with Crippen LogP contribution < -0.4 is 20.5 Å². The summed E-state index contributed by atoms with van der Waals surface area (Å²) in [6.07, 6.45) is 11.2. The number of aromatic nitrogens is 2. The molecule has 2 unspecified atom stereocenters. The van der Waals surface area contributed by atoms with E-state index in [1.54, 1.807) is 13.8 Å². The lowest BCUT2D eigenvalue weighted by molar-refractivity contribution is -0.131. The second-order valence-corrected chi connectivity index (χ2v) is 17.1. The fourth-order valence-electron chi connectivity index (χ4n) is 6.32. The Hall–Kier alpha value is -5.81. The number of carbonyl (C=O) groups is 4. The molecular formula is C46H39Cl3F2N4O7S2. The van der Waals surface area contributed by atoms with Crippen molar-refractivity contribution in [1.82, 2.24) is 15.3 Å². The van der Waals surface area contributed by atoms with E-state index in [1.807, 2.05) is 42.5 Å². The number of rotatable bonds is 11. The molecule has 2 aliphatic heterocycles. The Kier molecular flexibility index (Phi) is 17.5. The van der Waals surface area contributed by atoms with E-state index in [1.165, 1.54) is 65.4 Å². The number of carbonyl (C=O) groups excluding carboxylic acids is 3. The largest absolute Gasteiger partial charge is 0.487 e. The number of benzene rings is 2. The summed E-state index contributed by atoms with van der Waals surface area (Å²) in [6.45, 7) is 3.90. The number of nitrogens with one attached hydrogen (secondary N) is 1. The number of hydrogen-bond acceptors (Lipinski definition) is 11. The summed E-state index contributed by atoms with van der Waals surface area (Å²) >= 11 is 15.6. The zero-order valence-electron chi connectivity index (χ0n) is 34.0. The molecule has 2 aromatic carbocycles. The summed E-state index contributed by atoms with van der Waals surface area (Å²) < 4.78 is 37.2. The second-order valence-electron chi connectivity index (χ2n) is 14.1. The van der Waals surface area contributed by atoms with Gasteiger partial charge >= 0.3 is 5.97 Å². The van der Waals surface area contributed by atoms with Crippen LogP contribution in [-0.2, 0) is 22.4 Å². The number of ketones is 2. The molecule has 4 aromatic heterocycles. The van der Waals surface area contributed by atoms with E-state index in [0.29, 0.717) is 51.3 Å². The van der Waals surface area contributed by atoms with Gasteiger partial charge in [0.1, 0.15) is 35.3 Å². The molecule has 0 radical (unpaired) electrons. The molecule has 0 bridgehead atoms. The maximum atomic E-state index is 13.1. The highest BCUT2D eigenvalue weighted by molar-refractivity contribution is 7.17. The second kappa shape index (κ2) is 22.7. The van der Waals surface area contributed by atoms with Crippen LogP contribution in [0.3, 0.4) is 0 Å². The van der Waals surface area contributed by atoms with Crippen molar-refractivity contribution in [3.8, 4) is 32.4 Å². The summed E-state index contributed by atoms with van der Waals surface area (Å²) in [7, 11) is 0. The van der Waals surface area contributed by atoms with E-state index in [0.717, 1.165) is 67.5 Å².